The van der Waals surface area contributed by atoms with Crippen molar-refractivity contribution in [2.24, 2.45) is 5.92 Å². The van der Waals surface area contributed by atoms with Crippen LogP contribution in [-0.2, 0) is 21.7 Å². The molecule has 0 amide bonds. The van der Waals surface area contributed by atoms with Gasteiger partial charge in [-0.15, -0.1) is 0 Å². The summed E-state index contributed by atoms with van der Waals surface area (Å²) in [4.78, 5) is 0. The monoisotopic (exact) mass is 186 g/mol. The van der Waals surface area contributed by atoms with Crippen molar-refractivity contribution in [1.82, 2.24) is 0 Å². The fraction of sp³-hybridized carbons (Fsp3) is 1.00. The normalized spacial score (nSPS) is 6.00. The largest absolute Gasteiger partial charge is 0.400 e. The van der Waals surface area contributed by atoms with Crippen LogP contribution in [0.1, 0.15) is 13.8 Å². The fourth-order valence-electron chi connectivity index (χ4n) is 0. The summed E-state index contributed by atoms with van der Waals surface area (Å²) in [7, 11) is 2.00. The molecule has 0 fully saturated rings. The van der Waals surface area contributed by atoms with E-state index in [2.05, 4.69) is 0 Å². The number of hydrogen-bond donors (Lipinski definition) is 3. The average molecular weight is 186 g/mol. The second-order valence-corrected chi connectivity index (χ2v) is 1.58. The van der Waals surface area contributed by atoms with Gasteiger partial charge in [0.25, 0.3) is 0 Å². The molecule has 0 aliphatic heterocycles. The van der Waals surface area contributed by atoms with E-state index in [1.807, 2.05) is 13.8 Å². The number of rotatable bonds is 1. The Labute approximate surface area is 78.0 Å². The summed E-state index contributed by atoms with van der Waals surface area (Å²) < 4.78 is 0. The van der Waals surface area contributed by atoms with E-state index in [0.29, 0.717) is 12.5 Å². The molecule has 0 aliphatic rings. The van der Waals surface area contributed by atoms with Crippen molar-refractivity contribution >= 4 is 0 Å². The number of aliphatic hydroxyl groups is 3. The molecule has 10 heavy (non-hydrogen) atoms. The summed E-state index contributed by atoms with van der Waals surface area (Å²) >= 11 is 0. The molecule has 0 saturated heterocycles. The summed E-state index contributed by atoms with van der Waals surface area (Å²) in [6, 6.07) is 0. The molecule has 0 spiro atoms. The Morgan fingerprint density at radius 1 is 1.00 bits per heavy atom. The van der Waals surface area contributed by atoms with Gasteiger partial charge in [0.15, 0.2) is 0 Å². The molecule has 64 valence electrons. The van der Waals surface area contributed by atoms with E-state index in [-0.39, 0.29) is 21.7 Å². The summed E-state index contributed by atoms with van der Waals surface area (Å²) in [6.45, 7) is 4.25. The van der Waals surface area contributed by atoms with Crippen LogP contribution in [0.25, 0.3) is 0 Å². The molecule has 0 unspecified atom stereocenters. The Kier molecular flexibility index (Phi) is 75.3. The van der Waals surface area contributed by atoms with Gasteiger partial charge in [-0.3, -0.25) is 0 Å². The van der Waals surface area contributed by atoms with E-state index in [4.69, 9.17) is 15.3 Å². The molecule has 0 heterocycles. The van der Waals surface area contributed by atoms with E-state index < -0.39 is 0 Å². The van der Waals surface area contributed by atoms with Crippen molar-refractivity contribution in [3.8, 4) is 0 Å². The second-order valence-electron chi connectivity index (χ2n) is 1.58. The van der Waals surface area contributed by atoms with Crippen LogP contribution < -0.4 is 0 Å². The minimum Gasteiger partial charge on any atom is -0.400 e. The summed E-state index contributed by atoms with van der Waals surface area (Å²) in [5.74, 6) is 0.440. The fourth-order valence-corrected chi connectivity index (χ4v) is 0. The van der Waals surface area contributed by atoms with Crippen molar-refractivity contribution in [2.45, 2.75) is 13.8 Å². The van der Waals surface area contributed by atoms with Crippen LogP contribution in [-0.4, -0.2) is 36.1 Å². The SMILES string of the molecule is CC(C)CO.CO.CO.[Ti]. The number of hydrogen-bond acceptors (Lipinski definition) is 3. The predicted molar refractivity (Wildman–Crippen MR) is 38.2 cm³/mol. The minimum atomic E-state index is 0. The van der Waals surface area contributed by atoms with Gasteiger partial charge in [-0.2, -0.15) is 0 Å². The van der Waals surface area contributed by atoms with E-state index in [1.54, 1.807) is 0 Å². The first kappa shape index (κ1) is 22.4. The van der Waals surface area contributed by atoms with Crippen molar-refractivity contribution < 1.29 is 37.0 Å². The van der Waals surface area contributed by atoms with Crippen molar-refractivity contribution in [1.29, 1.82) is 0 Å². The summed E-state index contributed by atoms with van der Waals surface area (Å²) in [5.41, 5.74) is 0. The molecule has 0 aromatic carbocycles. The molecular weight excluding hydrogens is 168 g/mol. The van der Waals surface area contributed by atoms with E-state index >= 15 is 0 Å². The zero-order chi connectivity index (χ0) is 8.28. The Morgan fingerprint density at radius 3 is 1.10 bits per heavy atom. The second kappa shape index (κ2) is 33.6. The molecule has 0 aromatic rings. The Balaban J connectivity index is -0.0000000315. The molecule has 0 rings (SSSR count). The molecule has 0 aliphatic carbocycles. The average Bonchev–Trinajstić information content (AvgIpc) is 1.97. The van der Waals surface area contributed by atoms with Gasteiger partial charge < -0.3 is 15.3 Å². The molecule has 0 atom stereocenters. The van der Waals surface area contributed by atoms with Crippen LogP contribution in [0.3, 0.4) is 0 Å². The van der Waals surface area contributed by atoms with Gasteiger partial charge in [0.2, 0.25) is 0 Å². The first-order valence-electron chi connectivity index (χ1n) is 2.77. The zero-order valence-electron chi connectivity index (χ0n) is 7.13. The Morgan fingerprint density at radius 2 is 1.10 bits per heavy atom. The quantitative estimate of drug-likeness (QED) is 0.499. The van der Waals surface area contributed by atoms with Crippen LogP contribution in [0.5, 0.6) is 0 Å². The third-order valence-corrected chi connectivity index (χ3v) is 0.365. The molecule has 3 N–H and O–H groups in total. The Bertz CT molecular complexity index is 27.0. The molecule has 3 nitrogen and oxygen atoms in total. The Hall–Kier alpha value is 0.594. The van der Waals surface area contributed by atoms with E-state index in [0.717, 1.165) is 14.2 Å². The number of aliphatic hydroxyl groups excluding tert-OH is 3. The maximum absolute atomic E-state index is 8.14. The van der Waals surface area contributed by atoms with Gasteiger partial charge in [0.05, 0.1) is 0 Å². The molecule has 0 bridgehead atoms. The van der Waals surface area contributed by atoms with Crippen LogP contribution in [0.15, 0.2) is 0 Å². The standard InChI is InChI=1S/C4H10O.2CH4O.Ti/c1-4(2)3-5;2*1-2;/h4-5H,3H2,1-2H3;2*2H,1H3;. The smallest absolute Gasteiger partial charge is 0.0453 e. The summed E-state index contributed by atoms with van der Waals surface area (Å²) in [6.07, 6.45) is 0. The molecule has 0 aromatic heterocycles. The molecular formula is C6H18O3Ti. The van der Waals surface area contributed by atoms with Crippen molar-refractivity contribution in [3.63, 3.8) is 0 Å². The third-order valence-electron chi connectivity index (χ3n) is 0.365. The van der Waals surface area contributed by atoms with Gasteiger partial charge in [0, 0.05) is 42.5 Å². The minimum absolute atomic E-state index is 0. The first-order chi connectivity index (χ1) is 4.27. The third kappa shape index (κ3) is 73.6. The van der Waals surface area contributed by atoms with Gasteiger partial charge in [0.1, 0.15) is 0 Å². The van der Waals surface area contributed by atoms with Crippen molar-refractivity contribution in [3.05, 3.63) is 0 Å². The van der Waals surface area contributed by atoms with Crippen LogP contribution >= 0.6 is 0 Å². The maximum atomic E-state index is 8.14. The van der Waals surface area contributed by atoms with Gasteiger partial charge in [-0.25, -0.2) is 0 Å². The van der Waals surface area contributed by atoms with E-state index in [9.17, 15) is 0 Å². The van der Waals surface area contributed by atoms with Gasteiger partial charge in [-0.1, -0.05) is 13.8 Å². The molecule has 0 radical (unpaired) electrons. The van der Waals surface area contributed by atoms with Gasteiger partial charge in [-0.05, 0) is 5.92 Å². The van der Waals surface area contributed by atoms with Gasteiger partial charge >= 0.3 is 0 Å². The van der Waals surface area contributed by atoms with E-state index in [1.165, 1.54) is 0 Å². The molecule has 0 saturated carbocycles. The topological polar surface area (TPSA) is 60.7 Å². The maximum Gasteiger partial charge on any atom is 0.0453 e. The first-order valence-corrected chi connectivity index (χ1v) is 2.77. The predicted octanol–water partition coefficient (Wildman–Crippen LogP) is -0.151. The van der Waals surface area contributed by atoms with Crippen LogP contribution in [0, 0.1) is 5.92 Å². The van der Waals surface area contributed by atoms with Crippen LogP contribution in [0.2, 0.25) is 0 Å². The van der Waals surface area contributed by atoms with Crippen molar-refractivity contribution in [2.75, 3.05) is 20.8 Å². The summed E-state index contributed by atoms with van der Waals surface area (Å²) in [5, 5.41) is 22.1. The van der Waals surface area contributed by atoms with Crippen LogP contribution in [0.4, 0.5) is 0 Å². The molecule has 4 heteroatoms. The zero-order valence-corrected chi connectivity index (χ0v) is 8.69.